The molecule has 0 unspecified atom stereocenters. The first-order valence-corrected chi connectivity index (χ1v) is 7.36. The molecule has 1 aliphatic heterocycles. The van der Waals surface area contributed by atoms with E-state index < -0.39 is 4.92 Å². The molecule has 9 nitrogen and oxygen atoms in total. The van der Waals surface area contributed by atoms with Crippen LogP contribution in [0.1, 0.15) is 30.3 Å². The third-order valence-electron chi connectivity index (χ3n) is 3.93. The fraction of sp³-hybridized carbons (Fsp3) is 0.500. The van der Waals surface area contributed by atoms with Crippen LogP contribution >= 0.6 is 0 Å². The van der Waals surface area contributed by atoms with Crippen LogP contribution in [0.4, 0.5) is 17.5 Å². The molecule has 0 aliphatic carbocycles. The van der Waals surface area contributed by atoms with Crippen molar-refractivity contribution in [2.75, 3.05) is 30.4 Å². The Morgan fingerprint density at radius 2 is 2.26 bits per heavy atom. The Hall–Kier alpha value is -2.71. The van der Waals surface area contributed by atoms with Gasteiger partial charge in [0.05, 0.1) is 4.92 Å². The Labute approximate surface area is 133 Å². The Bertz CT molecular complexity index is 729. The first-order chi connectivity index (χ1) is 11.0. The van der Waals surface area contributed by atoms with Crippen molar-refractivity contribution in [2.24, 2.45) is 0 Å². The predicted molar refractivity (Wildman–Crippen MR) is 83.6 cm³/mol. The van der Waals surface area contributed by atoms with Gasteiger partial charge in [0, 0.05) is 26.2 Å². The van der Waals surface area contributed by atoms with Gasteiger partial charge in [0.25, 0.3) is 17.5 Å². The number of aromatic nitrogens is 3. The van der Waals surface area contributed by atoms with Crippen LogP contribution in [0.3, 0.4) is 0 Å². The number of rotatable bonds is 4. The SMILES string of the molecule is Cc1cc(N2CCC[C@H]2c2nc(N(C)C)no2)ncc1[N+](=O)[O-]. The Balaban J connectivity index is 1.89. The van der Waals surface area contributed by atoms with Crippen LogP contribution in [-0.2, 0) is 0 Å². The topological polar surface area (TPSA) is 101 Å². The second kappa shape index (κ2) is 5.82. The Morgan fingerprint density at radius 3 is 2.87 bits per heavy atom. The molecule has 0 radical (unpaired) electrons. The van der Waals surface area contributed by atoms with E-state index in [1.165, 1.54) is 6.20 Å². The summed E-state index contributed by atoms with van der Waals surface area (Å²) >= 11 is 0. The molecule has 2 aromatic heterocycles. The van der Waals surface area contributed by atoms with Crippen molar-refractivity contribution in [1.29, 1.82) is 0 Å². The standard InChI is InChI=1S/C14H18N6O3/c1-9-7-12(15-8-11(9)20(21)22)19-6-4-5-10(19)13-16-14(17-23-13)18(2)3/h7-8,10H,4-6H2,1-3H3/t10-/m0/s1. The summed E-state index contributed by atoms with van der Waals surface area (Å²) in [6.45, 7) is 2.51. The molecule has 2 aromatic rings. The van der Waals surface area contributed by atoms with Crippen molar-refractivity contribution < 1.29 is 9.45 Å². The van der Waals surface area contributed by atoms with Gasteiger partial charge in [-0.3, -0.25) is 10.1 Å². The van der Waals surface area contributed by atoms with Crippen LogP contribution in [-0.4, -0.2) is 40.7 Å². The predicted octanol–water partition coefficient (Wildman–Crippen LogP) is 2.09. The molecule has 3 heterocycles. The third-order valence-corrected chi connectivity index (χ3v) is 3.93. The maximum absolute atomic E-state index is 10.9. The molecule has 1 fully saturated rings. The van der Waals surface area contributed by atoms with E-state index in [2.05, 4.69) is 20.0 Å². The molecule has 9 heteroatoms. The van der Waals surface area contributed by atoms with Gasteiger partial charge in [-0.1, -0.05) is 0 Å². The highest BCUT2D eigenvalue weighted by Gasteiger charge is 2.32. The van der Waals surface area contributed by atoms with Crippen molar-refractivity contribution in [3.05, 3.63) is 33.8 Å². The summed E-state index contributed by atoms with van der Waals surface area (Å²) in [6, 6.07) is 1.68. The summed E-state index contributed by atoms with van der Waals surface area (Å²) in [4.78, 5) is 23.0. The number of anilines is 2. The van der Waals surface area contributed by atoms with E-state index in [9.17, 15) is 10.1 Å². The highest BCUT2D eigenvalue weighted by atomic mass is 16.6. The minimum atomic E-state index is -0.422. The molecule has 0 bridgehead atoms. The summed E-state index contributed by atoms with van der Waals surface area (Å²) < 4.78 is 5.37. The molecule has 1 atom stereocenters. The van der Waals surface area contributed by atoms with Crippen LogP contribution in [0.25, 0.3) is 0 Å². The maximum Gasteiger partial charge on any atom is 0.290 e. The molecule has 1 aliphatic rings. The van der Waals surface area contributed by atoms with Crippen molar-refractivity contribution in [2.45, 2.75) is 25.8 Å². The average molecular weight is 318 g/mol. The van der Waals surface area contributed by atoms with Gasteiger partial charge in [0.2, 0.25) is 0 Å². The lowest BCUT2D eigenvalue weighted by Gasteiger charge is -2.23. The monoisotopic (exact) mass is 318 g/mol. The summed E-state index contributed by atoms with van der Waals surface area (Å²) in [5.74, 6) is 1.77. The van der Waals surface area contributed by atoms with E-state index in [1.807, 2.05) is 14.1 Å². The minimum Gasteiger partial charge on any atom is -0.345 e. The first-order valence-electron chi connectivity index (χ1n) is 7.36. The molecule has 1 saturated heterocycles. The van der Waals surface area contributed by atoms with E-state index in [4.69, 9.17) is 4.52 Å². The van der Waals surface area contributed by atoms with Crippen molar-refractivity contribution >= 4 is 17.5 Å². The van der Waals surface area contributed by atoms with Gasteiger partial charge in [-0.05, 0) is 31.0 Å². The summed E-state index contributed by atoms with van der Waals surface area (Å²) in [5.41, 5.74) is 0.613. The zero-order valence-electron chi connectivity index (χ0n) is 13.3. The normalized spacial score (nSPS) is 17.5. The van der Waals surface area contributed by atoms with Gasteiger partial charge in [0.1, 0.15) is 18.1 Å². The number of hydrogen-bond donors (Lipinski definition) is 0. The van der Waals surface area contributed by atoms with Crippen LogP contribution in [0.2, 0.25) is 0 Å². The lowest BCUT2D eigenvalue weighted by Crippen LogP contribution is -2.24. The van der Waals surface area contributed by atoms with Gasteiger partial charge in [-0.2, -0.15) is 4.98 Å². The molecular formula is C14H18N6O3. The zero-order valence-corrected chi connectivity index (χ0v) is 13.3. The van der Waals surface area contributed by atoms with Crippen molar-refractivity contribution in [1.82, 2.24) is 15.1 Å². The lowest BCUT2D eigenvalue weighted by atomic mass is 10.2. The summed E-state index contributed by atoms with van der Waals surface area (Å²) in [5, 5.41) is 14.9. The van der Waals surface area contributed by atoms with Crippen molar-refractivity contribution in [3.8, 4) is 0 Å². The molecule has 0 N–H and O–H groups in total. The third kappa shape index (κ3) is 2.81. The summed E-state index contributed by atoms with van der Waals surface area (Å²) in [7, 11) is 3.70. The number of aryl methyl sites for hydroxylation is 1. The van der Waals surface area contributed by atoms with Crippen LogP contribution in [0.15, 0.2) is 16.8 Å². The molecule has 0 saturated carbocycles. The number of hydrogen-bond acceptors (Lipinski definition) is 8. The zero-order chi connectivity index (χ0) is 16.6. The molecule has 23 heavy (non-hydrogen) atoms. The van der Waals surface area contributed by atoms with E-state index in [0.29, 0.717) is 23.2 Å². The largest absolute Gasteiger partial charge is 0.345 e. The molecule has 0 amide bonds. The van der Waals surface area contributed by atoms with Crippen LogP contribution in [0.5, 0.6) is 0 Å². The average Bonchev–Trinajstić information content (AvgIpc) is 3.15. The van der Waals surface area contributed by atoms with E-state index in [0.717, 1.165) is 19.4 Å². The van der Waals surface area contributed by atoms with Gasteiger partial charge in [-0.25, -0.2) is 4.98 Å². The highest BCUT2D eigenvalue weighted by molar-refractivity contribution is 5.50. The molecule has 3 rings (SSSR count). The number of nitrogens with zero attached hydrogens (tertiary/aromatic N) is 6. The van der Waals surface area contributed by atoms with Gasteiger partial charge < -0.3 is 14.3 Å². The quantitative estimate of drug-likeness (QED) is 0.624. The smallest absolute Gasteiger partial charge is 0.290 e. The molecule has 0 spiro atoms. The molecule has 0 aromatic carbocycles. The first kappa shape index (κ1) is 15.2. The summed E-state index contributed by atoms with van der Waals surface area (Å²) in [6.07, 6.45) is 3.16. The second-order valence-electron chi connectivity index (χ2n) is 5.76. The fourth-order valence-corrected chi connectivity index (χ4v) is 2.72. The number of pyridine rings is 1. The van der Waals surface area contributed by atoms with Gasteiger partial charge >= 0.3 is 0 Å². The van der Waals surface area contributed by atoms with E-state index in [-0.39, 0.29) is 11.7 Å². The Kier molecular flexibility index (Phi) is 3.85. The number of nitro groups is 1. The van der Waals surface area contributed by atoms with Gasteiger partial charge in [0.15, 0.2) is 0 Å². The lowest BCUT2D eigenvalue weighted by molar-refractivity contribution is -0.385. The fourth-order valence-electron chi connectivity index (χ4n) is 2.72. The highest BCUT2D eigenvalue weighted by Crippen LogP contribution is 2.36. The van der Waals surface area contributed by atoms with E-state index >= 15 is 0 Å². The van der Waals surface area contributed by atoms with Crippen LogP contribution in [0, 0.1) is 17.0 Å². The molecular weight excluding hydrogens is 300 g/mol. The van der Waals surface area contributed by atoms with E-state index in [1.54, 1.807) is 17.9 Å². The second-order valence-corrected chi connectivity index (χ2v) is 5.76. The molecule has 122 valence electrons. The maximum atomic E-state index is 10.9. The minimum absolute atomic E-state index is 0.0252. The van der Waals surface area contributed by atoms with Crippen LogP contribution < -0.4 is 9.80 Å². The Morgan fingerprint density at radius 1 is 1.48 bits per heavy atom. The van der Waals surface area contributed by atoms with Gasteiger partial charge in [-0.15, -0.1) is 0 Å². The van der Waals surface area contributed by atoms with Crippen molar-refractivity contribution in [3.63, 3.8) is 0 Å².